The van der Waals surface area contributed by atoms with Crippen molar-refractivity contribution in [3.8, 4) is 11.3 Å². The van der Waals surface area contributed by atoms with Crippen molar-refractivity contribution in [3.05, 3.63) is 71.1 Å². The van der Waals surface area contributed by atoms with E-state index < -0.39 is 0 Å². The van der Waals surface area contributed by atoms with Crippen molar-refractivity contribution in [3.63, 3.8) is 0 Å². The highest BCUT2D eigenvalue weighted by molar-refractivity contribution is 7.12. The van der Waals surface area contributed by atoms with E-state index >= 15 is 0 Å². The van der Waals surface area contributed by atoms with Crippen LogP contribution in [0.25, 0.3) is 16.9 Å². The number of hydrogen-bond donors (Lipinski definition) is 1. The molecule has 0 saturated heterocycles. The second-order valence-electron chi connectivity index (χ2n) is 4.94. The molecular formula is C17H12N4OS. The zero-order chi connectivity index (χ0) is 15.6. The van der Waals surface area contributed by atoms with Gasteiger partial charge in [-0.3, -0.25) is 4.79 Å². The van der Waals surface area contributed by atoms with Gasteiger partial charge in [0, 0.05) is 5.56 Å². The number of anilines is 1. The number of amides is 1. The van der Waals surface area contributed by atoms with Gasteiger partial charge in [0.15, 0.2) is 11.5 Å². The maximum atomic E-state index is 12.1. The largest absolute Gasteiger partial charge is 0.304 e. The maximum absolute atomic E-state index is 12.1. The van der Waals surface area contributed by atoms with Crippen LogP contribution in [0.4, 0.5) is 5.82 Å². The summed E-state index contributed by atoms with van der Waals surface area (Å²) in [7, 11) is 0. The zero-order valence-electron chi connectivity index (χ0n) is 12.0. The number of rotatable bonds is 3. The third-order valence-corrected chi connectivity index (χ3v) is 4.24. The highest BCUT2D eigenvalue weighted by Crippen LogP contribution is 2.18. The monoisotopic (exact) mass is 320 g/mol. The van der Waals surface area contributed by atoms with Gasteiger partial charge in [-0.2, -0.15) is 5.10 Å². The summed E-state index contributed by atoms with van der Waals surface area (Å²) in [5.74, 6) is 0.327. The van der Waals surface area contributed by atoms with Crippen LogP contribution in [0.15, 0.2) is 66.2 Å². The number of carbonyl (C=O) groups excluding carboxylic acids is 1. The van der Waals surface area contributed by atoms with Crippen LogP contribution >= 0.6 is 11.3 Å². The van der Waals surface area contributed by atoms with Gasteiger partial charge in [-0.1, -0.05) is 36.4 Å². The average molecular weight is 320 g/mol. The summed E-state index contributed by atoms with van der Waals surface area (Å²) in [5, 5.41) is 9.20. The Morgan fingerprint density at radius 3 is 2.70 bits per heavy atom. The van der Waals surface area contributed by atoms with Gasteiger partial charge in [-0.25, -0.2) is 9.50 Å². The third kappa shape index (κ3) is 2.72. The summed E-state index contributed by atoms with van der Waals surface area (Å²) in [6.45, 7) is 0. The number of fused-ring (bicyclic) bond motifs is 1. The second kappa shape index (κ2) is 5.66. The summed E-state index contributed by atoms with van der Waals surface area (Å²) in [6, 6.07) is 17.4. The van der Waals surface area contributed by atoms with Crippen LogP contribution in [0.1, 0.15) is 9.67 Å². The quantitative estimate of drug-likeness (QED) is 0.626. The molecule has 0 aliphatic rings. The van der Waals surface area contributed by atoms with Crippen molar-refractivity contribution in [2.75, 3.05) is 5.32 Å². The molecule has 1 amide bonds. The molecule has 0 radical (unpaired) electrons. The van der Waals surface area contributed by atoms with E-state index in [0.29, 0.717) is 16.3 Å². The lowest BCUT2D eigenvalue weighted by Gasteiger charge is -2.00. The standard InChI is InChI=1S/C17H12N4OS/c22-17(14-7-4-10-23-14)19-15-11-21-16(18-15)9-8-13(20-21)12-5-2-1-3-6-12/h1-11H,(H,19,22). The minimum Gasteiger partial charge on any atom is -0.304 e. The summed E-state index contributed by atoms with van der Waals surface area (Å²) in [6.07, 6.45) is 1.72. The Morgan fingerprint density at radius 2 is 1.91 bits per heavy atom. The van der Waals surface area contributed by atoms with E-state index in [0.717, 1.165) is 11.3 Å². The molecule has 0 spiro atoms. The number of nitrogens with zero attached hydrogens (tertiary/aromatic N) is 3. The Bertz CT molecular complexity index is 961. The molecule has 1 N–H and O–H groups in total. The first-order valence-corrected chi connectivity index (χ1v) is 7.94. The number of hydrogen-bond acceptors (Lipinski definition) is 4. The highest BCUT2D eigenvalue weighted by atomic mass is 32.1. The molecular weight excluding hydrogens is 308 g/mol. The SMILES string of the molecule is O=C(Nc1cn2nc(-c3ccccc3)ccc2n1)c1cccs1. The lowest BCUT2D eigenvalue weighted by Crippen LogP contribution is -2.10. The summed E-state index contributed by atoms with van der Waals surface area (Å²) < 4.78 is 1.67. The van der Waals surface area contributed by atoms with E-state index in [2.05, 4.69) is 15.4 Å². The number of thiophene rings is 1. The minimum absolute atomic E-state index is 0.160. The van der Waals surface area contributed by atoms with Gasteiger partial charge >= 0.3 is 0 Å². The van der Waals surface area contributed by atoms with Crippen molar-refractivity contribution in [2.45, 2.75) is 0 Å². The smallest absolute Gasteiger partial charge is 0.266 e. The fraction of sp³-hybridized carbons (Fsp3) is 0. The predicted octanol–water partition coefficient (Wildman–Crippen LogP) is 3.71. The number of aromatic nitrogens is 3. The molecule has 4 aromatic rings. The first-order chi connectivity index (χ1) is 11.3. The Balaban J connectivity index is 1.64. The molecule has 0 saturated carbocycles. The Hall–Kier alpha value is -2.99. The molecule has 23 heavy (non-hydrogen) atoms. The van der Waals surface area contributed by atoms with Crippen molar-refractivity contribution in [2.24, 2.45) is 0 Å². The molecule has 5 nitrogen and oxygen atoms in total. The van der Waals surface area contributed by atoms with Gasteiger partial charge in [-0.15, -0.1) is 11.3 Å². The van der Waals surface area contributed by atoms with Crippen LogP contribution in [0.2, 0.25) is 0 Å². The van der Waals surface area contributed by atoms with Crippen LogP contribution in [0.5, 0.6) is 0 Å². The molecule has 0 bridgehead atoms. The van der Waals surface area contributed by atoms with Gasteiger partial charge in [0.05, 0.1) is 16.8 Å². The molecule has 0 atom stereocenters. The van der Waals surface area contributed by atoms with Crippen LogP contribution in [-0.4, -0.2) is 20.5 Å². The first-order valence-electron chi connectivity index (χ1n) is 7.06. The van der Waals surface area contributed by atoms with Gasteiger partial charge < -0.3 is 5.32 Å². The van der Waals surface area contributed by atoms with Crippen molar-refractivity contribution < 1.29 is 4.79 Å². The van der Waals surface area contributed by atoms with E-state index in [1.54, 1.807) is 16.8 Å². The van der Waals surface area contributed by atoms with Crippen LogP contribution < -0.4 is 5.32 Å². The minimum atomic E-state index is -0.160. The molecule has 112 valence electrons. The van der Waals surface area contributed by atoms with Gasteiger partial charge in [0.25, 0.3) is 5.91 Å². The summed E-state index contributed by atoms with van der Waals surface area (Å²) in [4.78, 5) is 17.1. The average Bonchev–Trinajstić information content (AvgIpc) is 3.24. The molecule has 4 rings (SSSR count). The number of nitrogens with one attached hydrogen (secondary N) is 1. The van der Waals surface area contributed by atoms with Crippen LogP contribution in [0.3, 0.4) is 0 Å². The Morgan fingerprint density at radius 1 is 1.04 bits per heavy atom. The fourth-order valence-corrected chi connectivity index (χ4v) is 2.91. The molecule has 3 aromatic heterocycles. The maximum Gasteiger partial charge on any atom is 0.266 e. The number of carbonyl (C=O) groups is 1. The van der Waals surface area contributed by atoms with E-state index in [4.69, 9.17) is 0 Å². The van der Waals surface area contributed by atoms with Crippen LogP contribution in [0, 0.1) is 0 Å². The van der Waals surface area contributed by atoms with E-state index in [-0.39, 0.29) is 5.91 Å². The summed E-state index contributed by atoms with van der Waals surface area (Å²) >= 11 is 1.39. The molecule has 0 aliphatic carbocycles. The Kier molecular flexibility index (Phi) is 3.36. The normalized spacial score (nSPS) is 10.8. The topological polar surface area (TPSA) is 59.3 Å². The molecule has 0 unspecified atom stereocenters. The molecule has 0 fully saturated rings. The second-order valence-corrected chi connectivity index (χ2v) is 5.89. The van der Waals surface area contributed by atoms with Gasteiger partial charge in [0.2, 0.25) is 0 Å². The summed E-state index contributed by atoms with van der Waals surface area (Å²) in [5.41, 5.74) is 2.57. The third-order valence-electron chi connectivity index (χ3n) is 3.38. The van der Waals surface area contributed by atoms with E-state index in [1.165, 1.54) is 11.3 Å². The van der Waals surface area contributed by atoms with Crippen molar-refractivity contribution >= 4 is 28.7 Å². The first kappa shape index (κ1) is 13.7. The van der Waals surface area contributed by atoms with Crippen molar-refractivity contribution in [1.29, 1.82) is 0 Å². The van der Waals surface area contributed by atoms with Crippen molar-refractivity contribution in [1.82, 2.24) is 14.6 Å². The lowest BCUT2D eigenvalue weighted by atomic mass is 10.1. The molecule has 1 aromatic carbocycles. The molecule has 6 heteroatoms. The molecule has 0 aliphatic heterocycles. The lowest BCUT2D eigenvalue weighted by molar-refractivity contribution is 0.103. The Labute approximate surface area is 136 Å². The predicted molar refractivity (Wildman–Crippen MR) is 90.7 cm³/mol. The van der Waals surface area contributed by atoms with Gasteiger partial charge in [0.1, 0.15) is 0 Å². The van der Waals surface area contributed by atoms with E-state index in [1.807, 2.05) is 53.9 Å². The van der Waals surface area contributed by atoms with E-state index in [9.17, 15) is 4.79 Å². The fourth-order valence-electron chi connectivity index (χ4n) is 2.29. The number of imidazole rings is 1. The zero-order valence-corrected chi connectivity index (χ0v) is 12.8. The van der Waals surface area contributed by atoms with Gasteiger partial charge in [-0.05, 0) is 23.6 Å². The highest BCUT2D eigenvalue weighted by Gasteiger charge is 2.10. The molecule has 3 heterocycles. The van der Waals surface area contributed by atoms with Crippen LogP contribution in [-0.2, 0) is 0 Å². The number of benzene rings is 1.